The van der Waals surface area contributed by atoms with Gasteiger partial charge in [-0.3, -0.25) is 9.18 Å². The van der Waals surface area contributed by atoms with E-state index in [1.54, 1.807) is 0 Å². The molecular weight excluding hydrogens is 427 g/mol. The van der Waals surface area contributed by atoms with E-state index in [2.05, 4.69) is 69.4 Å². The number of benzene rings is 2. The smallest absolute Gasteiger partial charge is 0.306 e. The highest BCUT2D eigenvalue weighted by Gasteiger charge is 2.10. The minimum absolute atomic E-state index is 0.130. The van der Waals surface area contributed by atoms with Crippen molar-refractivity contribution in [2.45, 2.75) is 73.8 Å². The van der Waals surface area contributed by atoms with E-state index in [1.807, 2.05) is 13.8 Å². The van der Waals surface area contributed by atoms with E-state index in [1.165, 1.54) is 33.5 Å². The first kappa shape index (κ1) is 32.7. The highest BCUT2D eigenvalue weighted by Crippen LogP contribution is 2.18. The van der Waals surface area contributed by atoms with Gasteiger partial charge in [-0.2, -0.15) is 0 Å². The van der Waals surface area contributed by atoms with E-state index in [0.29, 0.717) is 7.18 Å². The normalized spacial score (nSPS) is 9.55. The average molecular weight is 470 g/mol. The quantitative estimate of drug-likeness (QED) is 0.411. The number of aliphatic carboxylic acids is 1. The zero-order chi connectivity index (χ0) is 25.8. The van der Waals surface area contributed by atoms with Gasteiger partial charge in [-0.25, -0.2) is 8.78 Å². The molecule has 0 aliphatic rings. The van der Waals surface area contributed by atoms with Crippen LogP contribution in [-0.2, 0) is 24.2 Å². The summed E-state index contributed by atoms with van der Waals surface area (Å²) in [5.41, 5.74) is 8.19. The van der Waals surface area contributed by atoms with E-state index in [0.717, 1.165) is 32.2 Å². The number of nitrogens with one attached hydrogen (secondary N) is 1. The minimum atomic E-state index is -1.75. The molecule has 0 amide bonds. The van der Waals surface area contributed by atoms with Gasteiger partial charge in [-0.15, -0.1) is 0 Å². The predicted molar refractivity (Wildman–Crippen MR) is 134 cm³/mol. The van der Waals surface area contributed by atoms with E-state index >= 15 is 0 Å². The maximum absolute atomic E-state index is 10.2. The first-order valence-electron chi connectivity index (χ1n) is 11.4. The lowest BCUT2D eigenvalue weighted by atomic mass is 10.0. The van der Waals surface area contributed by atoms with Gasteiger partial charge in [0, 0.05) is 12.2 Å². The molecule has 0 bridgehead atoms. The molecule has 33 heavy (non-hydrogen) atoms. The molecule has 0 aromatic heterocycles. The molecule has 0 fully saturated rings. The van der Waals surface area contributed by atoms with E-state index < -0.39 is 12.9 Å². The number of hydrogen-bond acceptors (Lipinski definition) is 2. The van der Waals surface area contributed by atoms with Crippen LogP contribution in [0.1, 0.15) is 68.4 Å². The van der Waals surface area contributed by atoms with Crippen molar-refractivity contribution in [3.63, 3.8) is 0 Å². The minimum Gasteiger partial charge on any atom is -0.481 e. The maximum Gasteiger partial charge on any atom is 0.306 e. The third-order valence-electron chi connectivity index (χ3n) is 5.37. The van der Waals surface area contributed by atoms with Crippen LogP contribution in [-0.4, -0.2) is 25.2 Å². The number of halogens is 3. The Kier molecular flexibility index (Phi) is 19.9. The van der Waals surface area contributed by atoms with Gasteiger partial charge < -0.3 is 10.4 Å². The Bertz CT molecular complexity index is 778. The Morgan fingerprint density at radius 1 is 0.879 bits per heavy atom. The fourth-order valence-corrected chi connectivity index (χ4v) is 3.17. The number of carboxylic acid groups (broad SMARTS) is 1. The highest BCUT2D eigenvalue weighted by molar-refractivity contribution is 5.69. The van der Waals surface area contributed by atoms with Crippen molar-refractivity contribution in [3.8, 4) is 0 Å². The van der Waals surface area contributed by atoms with Crippen LogP contribution >= 0.6 is 0 Å². The number of hydrogen-bond donors (Lipinski definition) is 2. The molecule has 0 aliphatic carbocycles. The SMILES string of the molecule is CCC(CC)C(=O)O.CCc1ccc(NCc2ccc(C)c(C)c2)cc1CC.CF.FCF. The fourth-order valence-electron chi connectivity index (χ4n) is 3.17. The van der Waals surface area contributed by atoms with Crippen molar-refractivity contribution in [2.75, 3.05) is 19.4 Å². The van der Waals surface area contributed by atoms with Crippen LogP contribution in [0.3, 0.4) is 0 Å². The molecule has 6 heteroatoms. The number of aryl methyl sites for hydroxylation is 4. The second kappa shape index (κ2) is 20.1. The standard InChI is InChI=1S/C19H25N.C6H12O2.CH2F2.CH3F/c1-5-17-9-10-19(12-18(17)6-2)20-13-16-8-7-14(3)15(4)11-16;1-3-5(4-2)6(7)8;2-1-3;1-2/h7-12,20H,5-6,13H2,1-4H3;5H,3-4H2,1-2H3,(H,7,8);1H2;1H3. The van der Waals surface area contributed by atoms with Crippen molar-refractivity contribution < 1.29 is 23.1 Å². The lowest BCUT2D eigenvalue weighted by molar-refractivity contribution is -0.141. The molecule has 0 saturated carbocycles. The van der Waals surface area contributed by atoms with E-state index in [4.69, 9.17) is 5.11 Å². The molecule has 2 N–H and O–H groups in total. The van der Waals surface area contributed by atoms with Crippen LogP contribution in [0.4, 0.5) is 18.9 Å². The molecule has 0 unspecified atom stereocenters. The topological polar surface area (TPSA) is 49.3 Å². The monoisotopic (exact) mass is 469 g/mol. The predicted octanol–water partition coefficient (Wildman–Crippen LogP) is 8.02. The van der Waals surface area contributed by atoms with Crippen LogP contribution in [0.15, 0.2) is 36.4 Å². The van der Waals surface area contributed by atoms with Crippen molar-refractivity contribution in [3.05, 3.63) is 64.2 Å². The van der Waals surface area contributed by atoms with Gasteiger partial charge in [0.25, 0.3) is 0 Å². The summed E-state index contributed by atoms with van der Waals surface area (Å²) >= 11 is 0. The van der Waals surface area contributed by atoms with Crippen LogP contribution in [0.5, 0.6) is 0 Å². The molecule has 0 saturated heterocycles. The van der Waals surface area contributed by atoms with Crippen molar-refractivity contribution >= 4 is 11.7 Å². The van der Waals surface area contributed by atoms with Crippen molar-refractivity contribution in [2.24, 2.45) is 5.92 Å². The van der Waals surface area contributed by atoms with Gasteiger partial charge in [-0.1, -0.05) is 52.0 Å². The van der Waals surface area contributed by atoms with Crippen molar-refractivity contribution in [1.29, 1.82) is 0 Å². The molecule has 188 valence electrons. The molecule has 0 radical (unpaired) electrons. The van der Waals surface area contributed by atoms with Crippen LogP contribution in [0.2, 0.25) is 0 Å². The van der Waals surface area contributed by atoms with Crippen molar-refractivity contribution in [1.82, 2.24) is 0 Å². The lowest BCUT2D eigenvalue weighted by Gasteiger charge is -2.12. The Balaban J connectivity index is 0. The second-order valence-electron chi connectivity index (χ2n) is 7.42. The molecule has 2 aromatic rings. The Hall–Kier alpha value is -2.50. The summed E-state index contributed by atoms with van der Waals surface area (Å²) in [6.45, 7) is 11.7. The molecule has 0 atom stereocenters. The van der Waals surface area contributed by atoms with Gasteiger partial charge in [0.2, 0.25) is 6.93 Å². The molecule has 0 aliphatic heterocycles. The van der Waals surface area contributed by atoms with Crippen LogP contribution < -0.4 is 5.32 Å². The van der Waals surface area contributed by atoms with Gasteiger partial charge >= 0.3 is 5.97 Å². The largest absolute Gasteiger partial charge is 0.481 e. The number of rotatable bonds is 8. The molecule has 2 rings (SSSR count). The number of carbonyl (C=O) groups is 1. The van der Waals surface area contributed by atoms with E-state index in [9.17, 15) is 18.0 Å². The van der Waals surface area contributed by atoms with Gasteiger partial charge in [0.1, 0.15) is 0 Å². The lowest BCUT2D eigenvalue weighted by Crippen LogP contribution is -2.10. The molecule has 3 nitrogen and oxygen atoms in total. The van der Waals surface area contributed by atoms with Gasteiger partial charge in [0.15, 0.2) is 0 Å². The zero-order valence-electron chi connectivity index (χ0n) is 21.3. The zero-order valence-corrected chi connectivity index (χ0v) is 21.3. The van der Waals surface area contributed by atoms with Crippen LogP contribution in [0, 0.1) is 19.8 Å². The molecular formula is C27H42F3NO2. The van der Waals surface area contributed by atoms with Gasteiger partial charge in [0.05, 0.1) is 13.1 Å². The number of anilines is 1. The summed E-state index contributed by atoms with van der Waals surface area (Å²) in [6, 6.07) is 13.4. The number of alkyl halides is 3. The first-order valence-corrected chi connectivity index (χ1v) is 11.4. The number of carboxylic acids is 1. The Labute approximate surface area is 198 Å². The Morgan fingerprint density at radius 3 is 1.82 bits per heavy atom. The maximum atomic E-state index is 10.2. The molecule has 2 aromatic carbocycles. The summed E-state index contributed by atoms with van der Waals surface area (Å²) < 4.78 is 28.8. The average Bonchev–Trinajstić information content (AvgIpc) is 2.82. The van der Waals surface area contributed by atoms with Gasteiger partial charge in [-0.05, 0) is 79.5 Å². The van der Waals surface area contributed by atoms with Crippen LogP contribution in [0.25, 0.3) is 0 Å². The summed E-state index contributed by atoms with van der Waals surface area (Å²) in [4.78, 5) is 10.2. The molecule has 0 heterocycles. The summed E-state index contributed by atoms with van der Waals surface area (Å²) in [5, 5.41) is 11.9. The third-order valence-corrected chi connectivity index (χ3v) is 5.37. The second-order valence-corrected chi connectivity index (χ2v) is 7.42. The highest BCUT2D eigenvalue weighted by atomic mass is 19.3. The molecule has 0 spiro atoms. The fraction of sp³-hybridized carbons (Fsp3) is 0.519. The Morgan fingerprint density at radius 2 is 1.42 bits per heavy atom. The third kappa shape index (κ3) is 13.6. The summed E-state index contributed by atoms with van der Waals surface area (Å²) in [5.74, 6) is -0.801. The van der Waals surface area contributed by atoms with E-state index in [-0.39, 0.29) is 5.92 Å². The summed E-state index contributed by atoms with van der Waals surface area (Å²) in [6.07, 6.45) is 3.70. The first-order chi connectivity index (χ1) is 15.8. The summed E-state index contributed by atoms with van der Waals surface area (Å²) in [7, 11) is 0.500.